The zero-order valence-electron chi connectivity index (χ0n) is 14.1. The molecule has 4 rings (SSSR count). The fourth-order valence-corrected chi connectivity index (χ4v) is 3.67. The molecular weight excluding hydrogens is 317 g/mol. The molecule has 1 N–H and O–H groups in total. The molecule has 1 saturated heterocycles. The molecule has 1 fully saturated rings. The maximum absolute atomic E-state index is 13.6. The Morgan fingerprint density at radius 3 is 2.88 bits per heavy atom. The van der Waals surface area contributed by atoms with Gasteiger partial charge in [0, 0.05) is 19.7 Å². The first kappa shape index (κ1) is 16.1. The van der Waals surface area contributed by atoms with Crippen molar-refractivity contribution in [2.75, 3.05) is 24.6 Å². The predicted molar refractivity (Wildman–Crippen MR) is 97.3 cm³/mol. The Kier molecular flexibility index (Phi) is 4.40. The van der Waals surface area contributed by atoms with E-state index in [-0.39, 0.29) is 18.3 Å². The molecule has 1 atom stereocenters. The van der Waals surface area contributed by atoms with Crippen LogP contribution in [0, 0.1) is 11.7 Å². The highest BCUT2D eigenvalue weighted by atomic mass is 19.1. The number of hydrogen-bond donors (Lipinski definition) is 1. The van der Waals surface area contributed by atoms with Crippen molar-refractivity contribution in [3.63, 3.8) is 0 Å². The molecule has 1 aliphatic rings. The van der Waals surface area contributed by atoms with Crippen molar-refractivity contribution in [1.82, 2.24) is 9.55 Å². The average Bonchev–Trinajstić information content (AvgIpc) is 3.00. The zero-order chi connectivity index (χ0) is 17.2. The summed E-state index contributed by atoms with van der Waals surface area (Å²) in [5, 5.41) is 9.53. The smallest absolute Gasteiger partial charge is 0.206 e. The minimum Gasteiger partial charge on any atom is -0.396 e. The van der Waals surface area contributed by atoms with Gasteiger partial charge in [-0.2, -0.15) is 0 Å². The van der Waals surface area contributed by atoms with E-state index < -0.39 is 0 Å². The molecule has 3 aromatic rings. The van der Waals surface area contributed by atoms with Crippen molar-refractivity contribution in [2.24, 2.45) is 5.92 Å². The number of para-hydroxylation sites is 2. The Hall–Kier alpha value is -2.40. The second-order valence-corrected chi connectivity index (χ2v) is 6.75. The van der Waals surface area contributed by atoms with E-state index in [2.05, 4.69) is 15.5 Å². The fraction of sp³-hybridized carbons (Fsp3) is 0.350. The number of hydrogen-bond acceptors (Lipinski definition) is 3. The van der Waals surface area contributed by atoms with E-state index in [1.807, 2.05) is 24.3 Å². The van der Waals surface area contributed by atoms with Crippen LogP contribution in [0.5, 0.6) is 0 Å². The van der Waals surface area contributed by atoms with Gasteiger partial charge in [0.1, 0.15) is 5.82 Å². The van der Waals surface area contributed by atoms with Gasteiger partial charge in [0.15, 0.2) is 0 Å². The number of aliphatic hydroxyl groups excluding tert-OH is 1. The Bertz CT molecular complexity index is 876. The van der Waals surface area contributed by atoms with Gasteiger partial charge in [-0.3, -0.25) is 0 Å². The first-order valence-electron chi connectivity index (χ1n) is 8.80. The summed E-state index contributed by atoms with van der Waals surface area (Å²) in [7, 11) is 0. The highest BCUT2D eigenvalue weighted by Crippen LogP contribution is 2.27. The summed E-state index contributed by atoms with van der Waals surface area (Å²) >= 11 is 0. The lowest BCUT2D eigenvalue weighted by atomic mass is 9.99. The Morgan fingerprint density at radius 2 is 2.04 bits per heavy atom. The van der Waals surface area contributed by atoms with Crippen LogP contribution >= 0.6 is 0 Å². The molecule has 130 valence electrons. The number of fused-ring (bicyclic) bond motifs is 1. The number of halogens is 1. The van der Waals surface area contributed by atoms with Gasteiger partial charge in [0.05, 0.1) is 17.6 Å². The van der Waals surface area contributed by atoms with Crippen LogP contribution in [0.3, 0.4) is 0 Å². The number of anilines is 1. The standard InChI is InChI=1S/C20H22FN3O/c21-17-7-3-5-15(11-17)13-24-19-9-2-1-8-18(19)22-20(24)23-10-4-6-16(12-23)14-25/h1-3,5,7-9,11,16,25H,4,6,10,12-14H2/t16-/m0/s1. The highest BCUT2D eigenvalue weighted by Gasteiger charge is 2.24. The number of nitrogens with zero attached hydrogens (tertiary/aromatic N) is 3. The molecule has 0 spiro atoms. The molecule has 1 aliphatic heterocycles. The highest BCUT2D eigenvalue weighted by molar-refractivity contribution is 5.79. The summed E-state index contributed by atoms with van der Waals surface area (Å²) < 4.78 is 15.8. The van der Waals surface area contributed by atoms with Gasteiger partial charge in [-0.1, -0.05) is 24.3 Å². The largest absolute Gasteiger partial charge is 0.396 e. The molecule has 0 bridgehead atoms. The summed E-state index contributed by atoms with van der Waals surface area (Å²) in [6.45, 7) is 2.53. The van der Waals surface area contributed by atoms with Crippen LogP contribution in [0.4, 0.5) is 10.3 Å². The molecule has 2 heterocycles. The van der Waals surface area contributed by atoms with Gasteiger partial charge in [-0.25, -0.2) is 9.37 Å². The number of aromatic nitrogens is 2. The molecule has 1 aromatic heterocycles. The van der Waals surface area contributed by atoms with E-state index in [9.17, 15) is 9.50 Å². The third kappa shape index (κ3) is 3.24. The topological polar surface area (TPSA) is 41.3 Å². The van der Waals surface area contributed by atoms with E-state index in [4.69, 9.17) is 4.98 Å². The van der Waals surface area contributed by atoms with E-state index in [1.165, 1.54) is 6.07 Å². The summed E-state index contributed by atoms with van der Waals surface area (Å²) in [6, 6.07) is 14.8. The minimum atomic E-state index is -0.221. The third-order valence-corrected chi connectivity index (χ3v) is 4.92. The number of rotatable bonds is 4. The van der Waals surface area contributed by atoms with E-state index in [0.717, 1.165) is 48.5 Å². The predicted octanol–water partition coefficient (Wildman–Crippen LogP) is 3.43. The van der Waals surface area contributed by atoms with E-state index >= 15 is 0 Å². The van der Waals surface area contributed by atoms with Crippen LogP contribution in [-0.2, 0) is 6.54 Å². The van der Waals surface area contributed by atoms with Crippen LogP contribution < -0.4 is 4.90 Å². The number of imidazole rings is 1. The van der Waals surface area contributed by atoms with Crippen molar-refractivity contribution in [1.29, 1.82) is 0 Å². The van der Waals surface area contributed by atoms with Gasteiger partial charge >= 0.3 is 0 Å². The minimum absolute atomic E-state index is 0.209. The van der Waals surface area contributed by atoms with Crippen molar-refractivity contribution >= 4 is 17.0 Å². The van der Waals surface area contributed by atoms with Gasteiger partial charge in [-0.15, -0.1) is 0 Å². The van der Waals surface area contributed by atoms with Crippen LogP contribution in [-0.4, -0.2) is 34.4 Å². The van der Waals surface area contributed by atoms with Crippen molar-refractivity contribution in [2.45, 2.75) is 19.4 Å². The quantitative estimate of drug-likeness (QED) is 0.792. The van der Waals surface area contributed by atoms with Gasteiger partial charge in [0.2, 0.25) is 5.95 Å². The number of piperidine rings is 1. The second-order valence-electron chi connectivity index (χ2n) is 6.75. The average molecular weight is 339 g/mol. The van der Waals surface area contributed by atoms with E-state index in [1.54, 1.807) is 12.1 Å². The third-order valence-electron chi connectivity index (χ3n) is 4.92. The molecule has 25 heavy (non-hydrogen) atoms. The lowest BCUT2D eigenvalue weighted by Crippen LogP contribution is -2.38. The van der Waals surface area contributed by atoms with Crippen molar-refractivity contribution in [3.8, 4) is 0 Å². The monoisotopic (exact) mass is 339 g/mol. The zero-order valence-corrected chi connectivity index (χ0v) is 14.1. The van der Waals surface area contributed by atoms with Crippen molar-refractivity contribution < 1.29 is 9.50 Å². The molecule has 0 amide bonds. The molecule has 5 heteroatoms. The molecule has 0 aliphatic carbocycles. The maximum atomic E-state index is 13.6. The fourth-order valence-electron chi connectivity index (χ4n) is 3.67. The second kappa shape index (κ2) is 6.84. The Labute approximate surface area is 146 Å². The molecule has 2 aromatic carbocycles. The maximum Gasteiger partial charge on any atom is 0.206 e. The Balaban J connectivity index is 1.75. The Morgan fingerprint density at radius 1 is 1.16 bits per heavy atom. The molecule has 0 radical (unpaired) electrons. The lowest BCUT2D eigenvalue weighted by Gasteiger charge is -2.33. The van der Waals surface area contributed by atoms with Crippen LogP contribution in [0.2, 0.25) is 0 Å². The lowest BCUT2D eigenvalue weighted by molar-refractivity contribution is 0.208. The summed E-state index contributed by atoms with van der Waals surface area (Å²) in [4.78, 5) is 7.09. The normalized spacial score (nSPS) is 18.0. The van der Waals surface area contributed by atoms with Crippen LogP contribution in [0.25, 0.3) is 11.0 Å². The molecular formula is C20H22FN3O. The van der Waals surface area contributed by atoms with Crippen LogP contribution in [0.1, 0.15) is 18.4 Å². The number of aliphatic hydroxyl groups is 1. The summed E-state index contributed by atoms with van der Waals surface area (Å²) in [5.74, 6) is 0.974. The first-order valence-corrected chi connectivity index (χ1v) is 8.80. The first-order chi connectivity index (χ1) is 12.2. The van der Waals surface area contributed by atoms with Crippen molar-refractivity contribution in [3.05, 3.63) is 59.9 Å². The van der Waals surface area contributed by atoms with Gasteiger partial charge in [-0.05, 0) is 48.6 Å². The molecule has 0 saturated carbocycles. The number of benzene rings is 2. The summed E-state index contributed by atoms with van der Waals surface area (Å²) in [6.07, 6.45) is 2.10. The van der Waals surface area contributed by atoms with Crippen LogP contribution in [0.15, 0.2) is 48.5 Å². The van der Waals surface area contributed by atoms with E-state index in [0.29, 0.717) is 6.54 Å². The molecule has 0 unspecified atom stereocenters. The molecule has 4 nitrogen and oxygen atoms in total. The SMILES string of the molecule is OC[C@H]1CCCN(c2nc3ccccc3n2Cc2cccc(F)c2)C1. The summed E-state index contributed by atoms with van der Waals surface area (Å²) in [5.41, 5.74) is 2.91. The van der Waals surface area contributed by atoms with Gasteiger partial charge < -0.3 is 14.6 Å². The van der Waals surface area contributed by atoms with Gasteiger partial charge in [0.25, 0.3) is 0 Å².